The summed E-state index contributed by atoms with van der Waals surface area (Å²) < 4.78 is 26.6. The van der Waals surface area contributed by atoms with Crippen molar-refractivity contribution in [3.05, 3.63) is 12.7 Å². The van der Waals surface area contributed by atoms with E-state index in [1.165, 1.54) is 4.90 Å². The maximum absolute atomic E-state index is 13.4. The van der Waals surface area contributed by atoms with Crippen LogP contribution >= 0.6 is 0 Å². The number of esters is 4. The van der Waals surface area contributed by atoms with Crippen molar-refractivity contribution in [3.8, 4) is 0 Å². The average Bonchev–Trinajstić information content (AvgIpc) is 2.71. The number of nitrogens with zero attached hydrogens (tertiary/aromatic N) is 2. The molecular weight excluding hydrogens is 440 g/mol. The highest BCUT2D eigenvalue weighted by Gasteiger charge is 2.56. The van der Waals surface area contributed by atoms with Crippen LogP contribution in [0.25, 0.3) is 0 Å². The molecule has 2 aliphatic heterocycles. The van der Waals surface area contributed by atoms with Gasteiger partial charge < -0.3 is 28.6 Å². The Morgan fingerprint density at radius 2 is 1.27 bits per heavy atom. The van der Waals surface area contributed by atoms with Gasteiger partial charge in [0.05, 0.1) is 0 Å². The lowest BCUT2D eigenvalue weighted by Gasteiger charge is -2.45. The third-order valence-corrected chi connectivity index (χ3v) is 5.00. The minimum Gasteiger partial charge on any atom is -0.455 e. The summed E-state index contributed by atoms with van der Waals surface area (Å²) in [7, 11) is 0. The fraction of sp³-hybridized carbons (Fsp3) is 0.667. The van der Waals surface area contributed by atoms with E-state index in [1.807, 2.05) is 0 Å². The maximum Gasteiger partial charge on any atom is 0.305 e. The van der Waals surface area contributed by atoms with E-state index in [2.05, 4.69) is 11.5 Å². The normalized spacial score (nSPS) is 27.8. The number of amides is 1. The number of carbonyl (C=O) groups is 5. The van der Waals surface area contributed by atoms with E-state index >= 15 is 0 Å². The summed E-state index contributed by atoms with van der Waals surface area (Å²) in [4.78, 5) is 64.0. The van der Waals surface area contributed by atoms with E-state index in [0.29, 0.717) is 32.7 Å². The molecule has 184 valence electrons. The molecule has 2 aliphatic rings. The topological polar surface area (TPSA) is 138 Å². The molecule has 5 atom stereocenters. The molecule has 0 aromatic rings. The van der Waals surface area contributed by atoms with Crippen molar-refractivity contribution in [1.29, 1.82) is 0 Å². The smallest absolute Gasteiger partial charge is 0.305 e. The van der Waals surface area contributed by atoms with Gasteiger partial charge in [0.25, 0.3) is 5.91 Å². The molecule has 0 bridgehead atoms. The molecular formula is C21H30N2O10. The lowest BCUT2D eigenvalue weighted by molar-refractivity contribution is -0.292. The second-order valence-corrected chi connectivity index (χ2v) is 7.67. The first-order chi connectivity index (χ1) is 15.5. The molecule has 0 aliphatic carbocycles. The van der Waals surface area contributed by atoms with E-state index < -0.39 is 60.5 Å². The number of carbonyl (C=O) groups excluding carboxylic acids is 5. The van der Waals surface area contributed by atoms with Crippen LogP contribution in [-0.2, 0) is 47.7 Å². The Balaban J connectivity index is 2.38. The summed E-state index contributed by atoms with van der Waals surface area (Å²) in [6, 6.07) is 0. The Labute approximate surface area is 191 Å². The summed E-state index contributed by atoms with van der Waals surface area (Å²) >= 11 is 0. The molecule has 2 heterocycles. The average molecular weight is 470 g/mol. The number of hydrogen-bond acceptors (Lipinski definition) is 11. The van der Waals surface area contributed by atoms with Crippen LogP contribution in [-0.4, -0.2) is 103 Å². The van der Waals surface area contributed by atoms with Crippen molar-refractivity contribution in [3.63, 3.8) is 0 Å². The molecule has 0 aromatic heterocycles. The highest BCUT2D eigenvalue weighted by atomic mass is 16.7. The monoisotopic (exact) mass is 470 g/mol. The first-order valence-electron chi connectivity index (χ1n) is 10.5. The van der Waals surface area contributed by atoms with Crippen LogP contribution in [0.3, 0.4) is 0 Å². The lowest BCUT2D eigenvalue weighted by Crippen LogP contribution is -2.66. The zero-order chi connectivity index (χ0) is 24.7. The van der Waals surface area contributed by atoms with Crippen molar-refractivity contribution < 1.29 is 47.7 Å². The molecule has 12 nitrogen and oxygen atoms in total. The van der Waals surface area contributed by atoms with Crippen LogP contribution in [0.2, 0.25) is 0 Å². The molecule has 0 saturated carbocycles. The zero-order valence-corrected chi connectivity index (χ0v) is 19.2. The van der Waals surface area contributed by atoms with Gasteiger partial charge in [-0.25, -0.2) is 0 Å². The van der Waals surface area contributed by atoms with Gasteiger partial charge in [0.1, 0.15) is 0 Å². The summed E-state index contributed by atoms with van der Waals surface area (Å²) in [5.41, 5.74) is 0. The van der Waals surface area contributed by atoms with Gasteiger partial charge in [-0.05, 0) is 0 Å². The van der Waals surface area contributed by atoms with Crippen LogP contribution in [0.1, 0.15) is 27.7 Å². The molecule has 33 heavy (non-hydrogen) atoms. The van der Waals surface area contributed by atoms with Gasteiger partial charge in [-0.3, -0.25) is 28.9 Å². The third-order valence-electron chi connectivity index (χ3n) is 5.00. The maximum atomic E-state index is 13.4. The highest BCUT2D eigenvalue weighted by Crippen LogP contribution is 2.31. The molecule has 0 spiro atoms. The molecule has 1 unspecified atom stereocenters. The van der Waals surface area contributed by atoms with Crippen LogP contribution in [0, 0.1) is 0 Å². The zero-order valence-electron chi connectivity index (χ0n) is 19.2. The summed E-state index contributed by atoms with van der Waals surface area (Å²) in [5, 5.41) is 0. The van der Waals surface area contributed by atoms with Gasteiger partial charge in [0.2, 0.25) is 12.4 Å². The molecule has 2 saturated heterocycles. The Bertz CT molecular complexity index is 777. The van der Waals surface area contributed by atoms with Crippen molar-refractivity contribution in [1.82, 2.24) is 9.80 Å². The Morgan fingerprint density at radius 1 is 0.788 bits per heavy atom. The van der Waals surface area contributed by atoms with Gasteiger partial charge in [0, 0.05) is 60.4 Å². The van der Waals surface area contributed by atoms with Gasteiger partial charge in [-0.2, -0.15) is 0 Å². The minimum absolute atomic E-state index is 0.364. The van der Waals surface area contributed by atoms with Crippen LogP contribution < -0.4 is 0 Å². The Kier molecular flexibility index (Phi) is 9.35. The number of piperazine rings is 1. The quantitative estimate of drug-likeness (QED) is 0.268. The van der Waals surface area contributed by atoms with E-state index in [0.717, 1.165) is 27.7 Å². The van der Waals surface area contributed by atoms with E-state index in [9.17, 15) is 24.0 Å². The van der Waals surface area contributed by atoms with Gasteiger partial charge in [-0.1, -0.05) is 6.08 Å². The Morgan fingerprint density at radius 3 is 1.76 bits per heavy atom. The van der Waals surface area contributed by atoms with Crippen LogP contribution in [0.4, 0.5) is 0 Å². The molecule has 0 aromatic carbocycles. The first-order valence-corrected chi connectivity index (χ1v) is 10.5. The molecule has 12 heteroatoms. The van der Waals surface area contributed by atoms with Crippen molar-refractivity contribution in [2.24, 2.45) is 0 Å². The summed E-state index contributed by atoms with van der Waals surface area (Å²) in [6.45, 7) is 10.7. The standard InChI is InChI=1S/C21H30N2O10/c1-6-7-22-8-10-23(11-9-22)20(28)18-16(29-12(2)24)17(30-13(3)25)19(31-14(4)26)21(33-18)32-15(5)27/h6,16-19,21H,1,7-11H2,2-5H3/t16-,17-,18?,19+,21+/m0/s1. The van der Waals surface area contributed by atoms with Crippen LogP contribution in [0.5, 0.6) is 0 Å². The van der Waals surface area contributed by atoms with E-state index in [1.54, 1.807) is 6.08 Å². The van der Waals surface area contributed by atoms with E-state index in [4.69, 9.17) is 23.7 Å². The number of rotatable bonds is 7. The van der Waals surface area contributed by atoms with Crippen molar-refractivity contribution >= 4 is 29.8 Å². The second kappa shape index (κ2) is 11.8. The third kappa shape index (κ3) is 7.26. The minimum atomic E-state index is -1.57. The molecule has 0 N–H and O–H groups in total. The van der Waals surface area contributed by atoms with Crippen molar-refractivity contribution in [2.45, 2.75) is 58.4 Å². The Hall–Kier alpha value is -2.99. The lowest BCUT2D eigenvalue weighted by atomic mass is 9.96. The SMILES string of the molecule is C=CCN1CCN(C(=O)C2O[C@@H](OC(C)=O)[C@H](OC(C)=O)[C@@H](OC(C)=O)[C@@H]2OC(C)=O)CC1. The van der Waals surface area contributed by atoms with Crippen LogP contribution in [0.15, 0.2) is 12.7 Å². The van der Waals surface area contributed by atoms with E-state index in [-0.39, 0.29) is 0 Å². The molecule has 2 rings (SSSR count). The summed E-state index contributed by atoms with van der Waals surface area (Å²) in [5.74, 6) is -3.68. The predicted molar refractivity (Wildman–Crippen MR) is 110 cm³/mol. The van der Waals surface area contributed by atoms with Gasteiger partial charge in [-0.15, -0.1) is 6.58 Å². The number of ether oxygens (including phenoxy) is 5. The molecule has 0 radical (unpaired) electrons. The summed E-state index contributed by atoms with van der Waals surface area (Å²) in [6.07, 6.45) is -5.64. The second-order valence-electron chi connectivity index (χ2n) is 7.67. The molecule has 2 fully saturated rings. The predicted octanol–water partition coefficient (Wildman–Crippen LogP) is -0.600. The van der Waals surface area contributed by atoms with Gasteiger partial charge >= 0.3 is 23.9 Å². The molecule has 1 amide bonds. The van der Waals surface area contributed by atoms with Crippen molar-refractivity contribution in [2.75, 3.05) is 32.7 Å². The highest BCUT2D eigenvalue weighted by molar-refractivity contribution is 5.83. The van der Waals surface area contributed by atoms with Gasteiger partial charge in [0.15, 0.2) is 18.3 Å². The fourth-order valence-electron chi connectivity index (χ4n) is 3.74. The fourth-order valence-corrected chi connectivity index (χ4v) is 3.74. The first kappa shape index (κ1) is 26.3. The largest absolute Gasteiger partial charge is 0.455 e. The number of hydrogen-bond donors (Lipinski definition) is 0.